The van der Waals surface area contributed by atoms with Gasteiger partial charge in [-0.25, -0.2) is 9.78 Å². The molecule has 0 aliphatic carbocycles. The zero-order valence-corrected chi connectivity index (χ0v) is 13.4. The van der Waals surface area contributed by atoms with Gasteiger partial charge < -0.3 is 15.8 Å². The number of rotatable bonds is 4. The maximum atomic E-state index is 11.7. The molecular formula is C15H21N3O2S. The van der Waals surface area contributed by atoms with Crippen LogP contribution in [0, 0.1) is 0 Å². The summed E-state index contributed by atoms with van der Waals surface area (Å²) in [6.45, 7) is 6.35. The summed E-state index contributed by atoms with van der Waals surface area (Å²) in [5.74, 6) is -0.00471. The highest BCUT2D eigenvalue weighted by atomic mass is 32.1. The number of amides is 1. The fraction of sp³-hybridized carbons (Fsp3) is 0.467. The largest absolute Gasteiger partial charge is 0.444 e. The number of para-hydroxylation sites is 1. The van der Waals surface area contributed by atoms with Crippen molar-refractivity contribution in [3.05, 3.63) is 29.3 Å². The van der Waals surface area contributed by atoms with E-state index in [0.717, 1.165) is 15.2 Å². The molecule has 0 bridgehead atoms. The minimum atomic E-state index is -0.502. The van der Waals surface area contributed by atoms with E-state index in [1.165, 1.54) is 0 Å². The molecule has 0 aliphatic rings. The smallest absolute Gasteiger partial charge is 0.407 e. The molecule has 1 heterocycles. The van der Waals surface area contributed by atoms with E-state index in [4.69, 9.17) is 10.5 Å². The average molecular weight is 307 g/mol. The van der Waals surface area contributed by atoms with Gasteiger partial charge in [0, 0.05) is 19.0 Å². The zero-order chi connectivity index (χ0) is 15.5. The quantitative estimate of drug-likeness (QED) is 0.910. The molecule has 1 unspecified atom stereocenters. The van der Waals surface area contributed by atoms with Crippen LogP contribution in [-0.2, 0) is 4.74 Å². The fourth-order valence-corrected chi connectivity index (χ4v) is 2.94. The van der Waals surface area contributed by atoms with E-state index in [0.29, 0.717) is 13.1 Å². The van der Waals surface area contributed by atoms with Gasteiger partial charge in [0.25, 0.3) is 0 Å². The normalized spacial score (nSPS) is 13.1. The molecule has 0 spiro atoms. The summed E-state index contributed by atoms with van der Waals surface area (Å²) in [4.78, 5) is 16.3. The minimum Gasteiger partial charge on any atom is -0.444 e. The Labute approximate surface area is 128 Å². The van der Waals surface area contributed by atoms with Crippen molar-refractivity contribution >= 4 is 27.6 Å². The number of hydrogen-bond donors (Lipinski definition) is 2. The second-order valence-electron chi connectivity index (χ2n) is 5.84. The summed E-state index contributed by atoms with van der Waals surface area (Å²) in [5.41, 5.74) is 6.28. The van der Waals surface area contributed by atoms with Gasteiger partial charge in [0.05, 0.1) is 15.2 Å². The van der Waals surface area contributed by atoms with E-state index in [9.17, 15) is 4.79 Å². The van der Waals surface area contributed by atoms with Gasteiger partial charge in [-0.15, -0.1) is 11.3 Å². The number of hydrogen-bond acceptors (Lipinski definition) is 5. The van der Waals surface area contributed by atoms with Crippen molar-refractivity contribution in [3.63, 3.8) is 0 Å². The molecule has 0 fully saturated rings. The van der Waals surface area contributed by atoms with Crippen LogP contribution in [0.4, 0.5) is 4.79 Å². The number of nitrogens with zero attached hydrogens (tertiary/aromatic N) is 1. The molecule has 0 saturated carbocycles. The van der Waals surface area contributed by atoms with Crippen LogP contribution in [0.3, 0.4) is 0 Å². The Morgan fingerprint density at radius 2 is 2.14 bits per heavy atom. The van der Waals surface area contributed by atoms with E-state index in [-0.39, 0.29) is 5.92 Å². The minimum absolute atomic E-state index is 0.00471. The Kier molecular flexibility index (Phi) is 4.80. The topological polar surface area (TPSA) is 77.2 Å². The Morgan fingerprint density at radius 3 is 2.76 bits per heavy atom. The van der Waals surface area contributed by atoms with Gasteiger partial charge in [-0.1, -0.05) is 12.1 Å². The van der Waals surface area contributed by atoms with E-state index >= 15 is 0 Å². The van der Waals surface area contributed by atoms with Crippen LogP contribution in [0.2, 0.25) is 0 Å². The van der Waals surface area contributed by atoms with Crippen molar-refractivity contribution in [1.82, 2.24) is 10.3 Å². The molecule has 0 radical (unpaired) electrons. The molecule has 5 nitrogen and oxygen atoms in total. The van der Waals surface area contributed by atoms with Crippen LogP contribution < -0.4 is 11.1 Å². The Morgan fingerprint density at radius 1 is 1.43 bits per heavy atom. The van der Waals surface area contributed by atoms with Gasteiger partial charge in [0.1, 0.15) is 5.60 Å². The summed E-state index contributed by atoms with van der Waals surface area (Å²) in [7, 11) is 0. The number of aromatic nitrogens is 1. The number of benzene rings is 1. The average Bonchev–Trinajstić information content (AvgIpc) is 2.80. The Hall–Kier alpha value is -1.66. The van der Waals surface area contributed by atoms with Crippen molar-refractivity contribution in [2.45, 2.75) is 32.3 Å². The lowest BCUT2D eigenvalue weighted by Gasteiger charge is -2.20. The third-order valence-corrected chi connectivity index (χ3v) is 4.03. The van der Waals surface area contributed by atoms with Crippen molar-refractivity contribution in [2.75, 3.05) is 13.1 Å². The van der Waals surface area contributed by atoms with Crippen molar-refractivity contribution in [2.24, 2.45) is 5.73 Å². The number of carbonyl (C=O) groups excluding carboxylic acids is 1. The van der Waals surface area contributed by atoms with Crippen LogP contribution in [0.5, 0.6) is 0 Å². The summed E-state index contributed by atoms with van der Waals surface area (Å²) >= 11 is 1.61. The highest BCUT2D eigenvalue weighted by molar-refractivity contribution is 7.18. The summed E-state index contributed by atoms with van der Waals surface area (Å²) in [5, 5.41) is 3.70. The number of nitrogens with two attached hydrogens (primary N) is 1. The van der Waals surface area contributed by atoms with Crippen LogP contribution in [0.15, 0.2) is 24.3 Å². The molecule has 1 aromatic heterocycles. The predicted molar refractivity (Wildman–Crippen MR) is 85.7 cm³/mol. The van der Waals surface area contributed by atoms with Crippen molar-refractivity contribution < 1.29 is 9.53 Å². The molecule has 0 aliphatic heterocycles. The second kappa shape index (κ2) is 6.41. The van der Waals surface area contributed by atoms with Crippen LogP contribution >= 0.6 is 11.3 Å². The van der Waals surface area contributed by atoms with E-state index in [1.54, 1.807) is 11.3 Å². The highest BCUT2D eigenvalue weighted by Gasteiger charge is 2.19. The Bertz CT molecular complexity index is 586. The maximum absolute atomic E-state index is 11.7. The predicted octanol–water partition coefficient (Wildman–Crippen LogP) is 2.86. The molecule has 114 valence electrons. The van der Waals surface area contributed by atoms with Gasteiger partial charge in [0.15, 0.2) is 0 Å². The number of fused-ring (bicyclic) bond motifs is 1. The molecule has 1 atom stereocenters. The van der Waals surface area contributed by atoms with Crippen molar-refractivity contribution in [1.29, 1.82) is 0 Å². The molecule has 3 N–H and O–H groups in total. The lowest BCUT2D eigenvalue weighted by molar-refractivity contribution is 0.0525. The zero-order valence-electron chi connectivity index (χ0n) is 12.6. The van der Waals surface area contributed by atoms with Gasteiger partial charge in [0.2, 0.25) is 0 Å². The first-order chi connectivity index (χ1) is 9.89. The van der Waals surface area contributed by atoms with Crippen molar-refractivity contribution in [3.8, 4) is 0 Å². The van der Waals surface area contributed by atoms with Crippen LogP contribution in [-0.4, -0.2) is 29.8 Å². The van der Waals surface area contributed by atoms with Gasteiger partial charge >= 0.3 is 6.09 Å². The monoisotopic (exact) mass is 307 g/mol. The number of alkyl carbamates (subject to hydrolysis) is 1. The number of ether oxygens (including phenoxy) is 1. The third-order valence-electron chi connectivity index (χ3n) is 2.84. The molecule has 21 heavy (non-hydrogen) atoms. The summed E-state index contributed by atoms with van der Waals surface area (Å²) in [6.07, 6.45) is -0.429. The van der Waals surface area contributed by atoms with Gasteiger partial charge in [-0.05, 0) is 32.9 Å². The standard InChI is InChI=1S/C15H21N3O2S/c1-15(2,3)20-14(19)17-9-10(8-16)13-18-11-6-4-5-7-12(11)21-13/h4-7,10H,8-9,16H2,1-3H3,(H,17,19). The SMILES string of the molecule is CC(C)(C)OC(=O)NCC(CN)c1nc2ccccc2s1. The first-order valence-electron chi connectivity index (χ1n) is 6.91. The first kappa shape index (κ1) is 15.7. The van der Waals surface area contributed by atoms with Crippen LogP contribution in [0.1, 0.15) is 31.7 Å². The third kappa shape index (κ3) is 4.41. The number of thiazole rings is 1. The van der Waals surface area contributed by atoms with E-state index in [1.807, 2.05) is 45.0 Å². The van der Waals surface area contributed by atoms with E-state index in [2.05, 4.69) is 10.3 Å². The van der Waals surface area contributed by atoms with E-state index < -0.39 is 11.7 Å². The first-order valence-corrected chi connectivity index (χ1v) is 7.73. The number of nitrogens with one attached hydrogen (secondary N) is 1. The second-order valence-corrected chi connectivity index (χ2v) is 6.90. The van der Waals surface area contributed by atoms with Crippen LogP contribution in [0.25, 0.3) is 10.2 Å². The lowest BCUT2D eigenvalue weighted by atomic mass is 10.1. The molecule has 6 heteroatoms. The summed E-state index contributed by atoms with van der Waals surface area (Å²) < 4.78 is 6.35. The molecule has 1 amide bonds. The van der Waals surface area contributed by atoms with Gasteiger partial charge in [-0.2, -0.15) is 0 Å². The molecule has 2 aromatic rings. The number of carbonyl (C=O) groups is 1. The lowest BCUT2D eigenvalue weighted by Crippen LogP contribution is -2.36. The molecule has 1 aromatic carbocycles. The molecule has 2 rings (SSSR count). The fourth-order valence-electron chi connectivity index (χ4n) is 1.86. The molecule has 0 saturated heterocycles. The highest BCUT2D eigenvalue weighted by Crippen LogP contribution is 2.26. The maximum Gasteiger partial charge on any atom is 0.407 e. The van der Waals surface area contributed by atoms with Gasteiger partial charge in [-0.3, -0.25) is 0 Å². The Balaban J connectivity index is 2.01. The summed E-state index contributed by atoms with van der Waals surface area (Å²) in [6, 6.07) is 7.96. The molecular weight excluding hydrogens is 286 g/mol.